The number of nitrogens with zero attached hydrogens (tertiary/aromatic N) is 1. The Bertz CT molecular complexity index is 363. The molecular formula is C13H16N2O. The minimum absolute atomic E-state index is 0.690. The van der Waals surface area contributed by atoms with Gasteiger partial charge in [0.05, 0.1) is 18.2 Å². The molecule has 0 saturated heterocycles. The number of ether oxygens (including phenoxy) is 1. The summed E-state index contributed by atoms with van der Waals surface area (Å²) in [7, 11) is 1.69. The van der Waals surface area contributed by atoms with E-state index < -0.39 is 0 Å². The van der Waals surface area contributed by atoms with E-state index in [1.807, 2.05) is 30.3 Å². The molecule has 0 radical (unpaired) electrons. The maximum Gasteiger partial charge on any atom is 0.0991 e. The molecule has 0 bridgehead atoms. The number of benzene rings is 1. The van der Waals surface area contributed by atoms with Crippen LogP contribution in [0.2, 0.25) is 0 Å². The predicted molar refractivity (Wildman–Crippen MR) is 64.9 cm³/mol. The lowest BCUT2D eigenvalue weighted by Crippen LogP contribution is -2.18. The second-order valence-electron chi connectivity index (χ2n) is 3.33. The highest BCUT2D eigenvalue weighted by atomic mass is 16.5. The number of hydrogen-bond acceptors (Lipinski definition) is 3. The summed E-state index contributed by atoms with van der Waals surface area (Å²) in [5.41, 5.74) is 1.79. The third-order valence-electron chi connectivity index (χ3n) is 2.10. The molecule has 0 fully saturated rings. The Morgan fingerprint density at radius 2 is 2.12 bits per heavy atom. The first-order valence-electron chi connectivity index (χ1n) is 5.23. The van der Waals surface area contributed by atoms with Gasteiger partial charge in [0.25, 0.3) is 0 Å². The zero-order valence-corrected chi connectivity index (χ0v) is 9.44. The Labute approximate surface area is 96.4 Å². The molecule has 0 unspecified atom stereocenters. The van der Waals surface area contributed by atoms with Gasteiger partial charge in [0, 0.05) is 20.2 Å². The molecule has 1 N–H and O–H groups in total. The van der Waals surface area contributed by atoms with E-state index >= 15 is 0 Å². The lowest BCUT2D eigenvalue weighted by atomic mass is 10.1. The van der Waals surface area contributed by atoms with Crippen molar-refractivity contribution in [2.24, 2.45) is 0 Å². The number of methoxy groups -OCH3 is 1. The molecule has 1 rings (SSSR count). The lowest BCUT2D eigenvalue weighted by molar-refractivity contribution is 0.200. The van der Waals surface area contributed by atoms with E-state index in [-0.39, 0.29) is 0 Å². The van der Waals surface area contributed by atoms with Crippen LogP contribution in [0.15, 0.2) is 30.3 Å². The van der Waals surface area contributed by atoms with Crippen molar-refractivity contribution in [3.8, 4) is 6.07 Å². The second-order valence-corrected chi connectivity index (χ2v) is 3.33. The van der Waals surface area contributed by atoms with Gasteiger partial charge >= 0.3 is 0 Å². The first-order chi connectivity index (χ1) is 7.86. The Morgan fingerprint density at radius 3 is 2.75 bits per heavy atom. The molecule has 84 valence electrons. The molecule has 1 aromatic rings. The Morgan fingerprint density at radius 1 is 1.38 bits per heavy atom. The highest BCUT2D eigenvalue weighted by Crippen LogP contribution is 2.04. The third kappa shape index (κ3) is 4.74. The molecule has 3 heteroatoms. The van der Waals surface area contributed by atoms with E-state index in [1.54, 1.807) is 7.11 Å². The molecule has 0 aromatic heterocycles. The maximum atomic E-state index is 8.64. The van der Waals surface area contributed by atoms with Gasteiger partial charge in [0.2, 0.25) is 0 Å². The summed E-state index contributed by atoms with van der Waals surface area (Å²) >= 11 is 0. The van der Waals surface area contributed by atoms with Crippen LogP contribution < -0.4 is 5.32 Å². The van der Waals surface area contributed by atoms with E-state index in [0.717, 1.165) is 25.3 Å². The summed E-state index contributed by atoms with van der Waals surface area (Å²) in [5, 5.41) is 11.9. The molecule has 0 saturated carbocycles. The highest BCUT2D eigenvalue weighted by Gasteiger charge is 1.89. The van der Waals surface area contributed by atoms with Gasteiger partial charge in [-0.05, 0) is 17.7 Å². The molecule has 16 heavy (non-hydrogen) atoms. The van der Waals surface area contributed by atoms with Crippen molar-refractivity contribution >= 4 is 6.08 Å². The molecule has 0 aliphatic heterocycles. The molecular weight excluding hydrogens is 200 g/mol. The fourth-order valence-electron chi connectivity index (χ4n) is 1.22. The number of nitrogens with one attached hydrogen (secondary N) is 1. The van der Waals surface area contributed by atoms with Gasteiger partial charge in [-0.3, -0.25) is 0 Å². The zero-order chi connectivity index (χ0) is 11.6. The summed E-state index contributed by atoms with van der Waals surface area (Å²) < 4.78 is 4.91. The van der Waals surface area contributed by atoms with Crippen molar-refractivity contribution in [2.75, 3.05) is 26.8 Å². The van der Waals surface area contributed by atoms with Crippen LogP contribution in [0.3, 0.4) is 0 Å². The average Bonchev–Trinajstić information content (AvgIpc) is 2.34. The molecule has 0 heterocycles. The highest BCUT2D eigenvalue weighted by molar-refractivity contribution is 5.50. The molecule has 3 nitrogen and oxygen atoms in total. The predicted octanol–water partition coefficient (Wildman–Crippen LogP) is 1.81. The van der Waals surface area contributed by atoms with Crippen molar-refractivity contribution in [3.05, 3.63) is 41.5 Å². The van der Waals surface area contributed by atoms with Crippen molar-refractivity contribution in [3.63, 3.8) is 0 Å². The second kappa shape index (κ2) is 7.63. The summed E-state index contributed by atoms with van der Waals surface area (Å²) in [5.74, 6) is 0. The molecule has 0 aliphatic carbocycles. The molecule has 0 atom stereocenters. The van der Waals surface area contributed by atoms with Crippen LogP contribution >= 0.6 is 0 Å². The van der Waals surface area contributed by atoms with E-state index in [9.17, 15) is 0 Å². The molecule has 1 aromatic carbocycles. The van der Waals surface area contributed by atoms with Gasteiger partial charge in [-0.15, -0.1) is 0 Å². The van der Waals surface area contributed by atoms with Crippen molar-refractivity contribution in [1.82, 2.24) is 5.32 Å². The van der Waals surface area contributed by atoms with Gasteiger partial charge in [-0.25, -0.2) is 0 Å². The standard InChI is InChI=1S/C13H16N2O/c1-16-10-9-15-8-2-3-12-4-6-13(11-14)7-5-12/h2-7,15H,8-10H2,1H3. The lowest BCUT2D eigenvalue weighted by Gasteiger charge is -1.99. The summed E-state index contributed by atoms with van der Waals surface area (Å²) in [6.45, 7) is 2.41. The van der Waals surface area contributed by atoms with Crippen LogP contribution in [0.25, 0.3) is 6.08 Å². The van der Waals surface area contributed by atoms with Crippen LogP contribution in [-0.4, -0.2) is 26.8 Å². The number of hydrogen-bond donors (Lipinski definition) is 1. The van der Waals surface area contributed by atoms with Gasteiger partial charge in [-0.1, -0.05) is 24.3 Å². The zero-order valence-electron chi connectivity index (χ0n) is 9.44. The smallest absolute Gasteiger partial charge is 0.0991 e. The minimum Gasteiger partial charge on any atom is -0.383 e. The quantitative estimate of drug-likeness (QED) is 0.737. The fourth-order valence-corrected chi connectivity index (χ4v) is 1.22. The molecule has 0 spiro atoms. The molecule has 0 aliphatic rings. The Hall–Kier alpha value is -1.63. The van der Waals surface area contributed by atoms with Gasteiger partial charge in [-0.2, -0.15) is 5.26 Å². The maximum absolute atomic E-state index is 8.64. The number of nitriles is 1. The fraction of sp³-hybridized carbons (Fsp3) is 0.308. The Balaban J connectivity index is 2.30. The van der Waals surface area contributed by atoms with Crippen molar-refractivity contribution in [2.45, 2.75) is 0 Å². The van der Waals surface area contributed by atoms with Gasteiger partial charge in [0.1, 0.15) is 0 Å². The van der Waals surface area contributed by atoms with E-state index in [1.165, 1.54) is 0 Å². The van der Waals surface area contributed by atoms with E-state index in [2.05, 4.69) is 17.5 Å². The summed E-state index contributed by atoms with van der Waals surface area (Å²) in [4.78, 5) is 0. The van der Waals surface area contributed by atoms with Crippen LogP contribution in [0.4, 0.5) is 0 Å². The summed E-state index contributed by atoms with van der Waals surface area (Å²) in [6.07, 6.45) is 4.08. The topological polar surface area (TPSA) is 45.0 Å². The first kappa shape index (κ1) is 12.4. The third-order valence-corrected chi connectivity index (χ3v) is 2.10. The van der Waals surface area contributed by atoms with Crippen molar-refractivity contribution < 1.29 is 4.74 Å². The van der Waals surface area contributed by atoms with E-state index in [0.29, 0.717) is 5.56 Å². The summed E-state index contributed by atoms with van der Waals surface area (Å²) in [6, 6.07) is 9.60. The largest absolute Gasteiger partial charge is 0.383 e. The van der Waals surface area contributed by atoms with Crippen LogP contribution in [0.1, 0.15) is 11.1 Å². The van der Waals surface area contributed by atoms with E-state index in [4.69, 9.17) is 10.00 Å². The van der Waals surface area contributed by atoms with Crippen molar-refractivity contribution in [1.29, 1.82) is 5.26 Å². The van der Waals surface area contributed by atoms with Crippen LogP contribution in [-0.2, 0) is 4.74 Å². The average molecular weight is 216 g/mol. The van der Waals surface area contributed by atoms with Gasteiger partial charge < -0.3 is 10.1 Å². The monoisotopic (exact) mass is 216 g/mol. The molecule has 0 amide bonds. The van der Waals surface area contributed by atoms with Crippen LogP contribution in [0.5, 0.6) is 0 Å². The Kier molecular flexibility index (Phi) is 5.94. The first-order valence-corrected chi connectivity index (χ1v) is 5.23. The minimum atomic E-state index is 0.690. The SMILES string of the molecule is COCCNCC=Cc1ccc(C#N)cc1. The normalized spacial score (nSPS) is 10.5. The number of rotatable bonds is 6. The van der Waals surface area contributed by atoms with Gasteiger partial charge in [0.15, 0.2) is 0 Å². The van der Waals surface area contributed by atoms with Crippen LogP contribution in [0, 0.1) is 11.3 Å².